The number of halogens is 1. The second kappa shape index (κ2) is 5.81. The van der Waals surface area contributed by atoms with E-state index in [1.807, 2.05) is 19.9 Å². The van der Waals surface area contributed by atoms with E-state index in [4.69, 9.17) is 11.6 Å². The highest BCUT2D eigenvalue weighted by molar-refractivity contribution is 7.89. The van der Waals surface area contributed by atoms with Gasteiger partial charge in [0.25, 0.3) is 0 Å². The molecule has 0 N–H and O–H groups in total. The largest absolute Gasteiger partial charge is 0.243 e. The molecule has 3 nitrogen and oxygen atoms in total. The third kappa shape index (κ3) is 3.30. The van der Waals surface area contributed by atoms with Crippen LogP contribution in [0.4, 0.5) is 0 Å². The number of alkyl halides is 1. The molecule has 0 aromatic heterocycles. The molecule has 0 amide bonds. The van der Waals surface area contributed by atoms with Crippen molar-refractivity contribution < 1.29 is 8.42 Å². The summed E-state index contributed by atoms with van der Waals surface area (Å²) in [5.74, 6) is 0. The summed E-state index contributed by atoms with van der Waals surface area (Å²) in [4.78, 5) is 0.390. The van der Waals surface area contributed by atoms with Crippen molar-refractivity contribution in [2.24, 2.45) is 0 Å². The van der Waals surface area contributed by atoms with Gasteiger partial charge in [-0.3, -0.25) is 0 Å². The van der Waals surface area contributed by atoms with Crippen LogP contribution in [0.2, 0.25) is 0 Å². The molecule has 1 aromatic carbocycles. The van der Waals surface area contributed by atoms with Gasteiger partial charge in [0, 0.05) is 18.0 Å². The Kier molecular flexibility index (Phi) is 4.54. The fourth-order valence-corrected chi connectivity index (χ4v) is 4.66. The molecular weight excluding hydrogens is 282 g/mol. The lowest BCUT2D eigenvalue weighted by Crippen LogP contribution is -2.36. The van der Waals surface area contributed by atoms with E-state index >= 15 is 0 Å². The van der Waals surface area contributed by atoms with Crippen molar-refractivity contribution in [3.05, 3.63) is 29.8 Å². The van der Waals surface area contributed by atoms with Gasteiger partial charge in [-0.2, -0.15) is 4.31 Å². The summed E-state index contributed by atoms with van der Waals surface area (Å²) in [7, 11) is -3.38. The van der Waals surface area contributed by atoms with Crippen LogP contribution in [0.5, 0.6) is 0 Å². The molecule has 0 spiro atoms. The molecule has 19 heavy (non-hydrogen) atoms. The van der Waals surface area contributed by atoms with E-state index in [1.165, 1.54) is 0 Å². The van der Waals surface area contributed by atoms with Crippen LogP contribution in [0, 0.1) is 6.92 Å². The highest BCUT2D eigenvalue weighted by atomic mass is 35.5. The predicted octanol–water partition coefficient (Wildman–Crippen LogP) is 3.17. The molecule has 2 unspecified atom stereocenters. The maximum Gasteiger partial charge on any atom is 0.243 e. The zero-order chi connectivity index (χ0) is 14.0. The molecule has 1 heterocycles. The lowest BCUT2D eigenvalue weighted by atomic mass is 10.1. The highest BCUT2D eigenvalue weighted by Crippen LogP contribution is 2.29. The summed E-state index contributed by atoms with van der Waals surface area (Å²) in [5.41, 5.74) is 0.961. The van der Waals surface area contributed by atoms with Crippen molar-refractivity contribution in [2.45, 2.75) is 49.4 Å². The Labute approximate surface area is 120 Å². The molecule has 0 radical (unpaired) electrons. The van der Waals surface area contributed by atoms with Gasteiger partial charge in [-0.05, 0) is 50.8 Å². The zero-order valence-corrected chi connectivity index (χ0v) is 12.9. The van der Waals surface area contributed by atoms with Crippen LogP contribution in [0.25, 0.3) is 0 Å². The number of hydrogen-bond donors (Lipinski definition) is 0. The first-order chi connectivity index (χ1) is 8.91. The number of rotatable bonds is 4. The molecule has 0 aliphatic carbocycles. The zero-order valence-electron chi connectivity index (χ0n) is 11.3. The van der Waals surface area contributed by atoms with Gasteiger partial charge in [0.2, 0.25) is 10.0 Å². The van der Waals surface area contributed by atoms with Gasteiger partial charge in [0.05, 0.1) is 4.90 Å². The SMILES string of the molecule is Cc1cccc(S(=O)(=O)N2CCCC2CC(C)Cl)c1. The average molecular weight is 302 g/mol. The smallest absolute Gasteiger partial charge is 0.207 e. The van der Waals surface area contributed by atoms with Crippen molar-refractivity contribution in [3.8, 4) is 0 Å². The van der Waals surface area contributed by atoms with Crippen molar-refractivity contribution in [1.82, 2.24) is 4.31 Å². The summed E-state index contributed by atoms with van der Waals surface area (Å²) >= 11 is 6.02. The van der Waals surface area contributed by atoms with Crippen LogP contribution in [0.3, 0.4) is 0 Å². The minimum atomic E-state index is -3.38. The van der Waals surface area contributed by atoms with E-state index < -0.39 is 10.0 Å². The summed E-state index contributed by atoms with van der Waals surface area (Å²) < 4.78 is 26.9. The predicted molar refractivity (Wildman–Crippen MR) is 78.0 cm³/mol. The monoisotopic (exact) mass is 301 g/mol. The molecule has 1 aliphatic rings. The van der Waals surface area contributed by atoms with Crippen LogP contribution < -0.4 is 0 Å². The molecule has 106 valence electrons. The van der Waals surface area contributed by atoms with Crippen molar-refractivity contribution >= 4 is 21.6 Å². The van der Waals surface area contributed by atoms with Gasteiger partial charge >= 0.3 is 0 Å². The molecule has 1 aliphatic heterocycles. The topological polar surface area (TPSA) is 37.4 Å². The number of benzene rings is 1. The van der Waals surface area contributed by atoms with Crippen LogP contribution in [-0.4, -0.2) is 30.7 Å². The maximum atomic E-state index is 12.7. The van der Waals surface area contributed by atoms with Crippen molar-refractivity contribution in [1.29, 1.82) is 0 Å². The maximum absolute atomic E-state index is 12.7. The van der Waals surface area contributed by atoms with Gasteiger partial charge in [-0.1, -0.05) is 12.1 Å². The first-order valence-electron chi connectivity index (χ1n) is 6.64. The lowest BCUT2D eigenvalue weighted by molar-refractivity contribution is 0.369. The standard InChI is InChI=1S/C14H20ClNO2S/c1-11-5-3-7-14(9-11)19(17,18)16-8-4-6-13(16)10-12(2)15/h3,5,7,9,12-13H,4,6,8,10H2,1-2H3. The first kappa shape index (κ1) is 14.8. The normalized spacial score (nSPS) is 22.6. The fraction of sp³-hybridized carbons (Fsp3) is 0.571. The summed E-state index contributed by atoms with van der Waals surface area (Å²) in [6.07, 6.45) is 2.54. The van der Waals surface area contributed by atoms with Crippen LogP contribution in [0.15, 0.2) is 29.2 Å². The molecule has 2 atom stereocenters. The second-order valence-electron chi connectivity index (χ2n) is 5.24. The molecule has 5 heteroatoms. The Bertz CT molecular complexity index is 542. The number of sulfonamides is 1. The van der Waals surface area contributed by atoms with Gasteiger partial charge < -0.3 is 0 Å². The highest BCUT2D eigenvalue weighted by Gasteiger charge is 2.35. The Balaban J connectivity index is 2.28. The van der Waals surface area contributed by atoms with E-state index in [0.717, 1.165) is 18.4 Å². The van der Waals surface area contributed by atoms with Crippen LogP contribution >= 0.6 is 11.6 Å². The minimum Gasteiger partial charge on any atom is -0.207 e. The van der Waals surface area contributed by atoms with Crippen molar-refractivity contribution in [2.75, 3.05) is 6.54 Å². The summed E-state index contributed by atoms with van der Waals surface area (Å²) in [6.45, 7) is 4.42. The average Bonchev–Trinajstić information content (AvgIpc) is 2.77. The second-order valence-corrected chi connectivity index (χ2v) is 7.88. The molecule has 1 saturated heterocycles. The molecule has 2 rings (SSSR count). The summed E-state index contributed by atoms with van der Waals surface area (Å²) in [6, 6.07) is 7.13. The van der Waals surface area contributed by atoms with E-state index in [-0.39, 0.29) is 11.4 Å². The number of hydrogen-bond acceptors (Lipinski definition) is 2. The van der Waals surface area contributed by atoms with Gasteiger partial charge in [-0.25, -0.2) is 8.42 Å². The minimum absolute atomic E-state index is 0.00157. The van der Waals surface area contributed by atoms with E-state index in [0.29, 0.717) is 17.9 Å². The fourth-order valence-electron chi connectivity index (χ4n) is 2.65. The molecule has 0 bridgehead atoms. The number of nitrogens with zero attached hydrogens (tertiary/aromatic N) is 1. The van der Waals surface area contributed by atoms with Gasteiger partial charge in [0.1, 0.15) is 0 Å². The first-order valence-corrected chi connectivity index (χ1v) is 8.51. The Morgan fingerprint density at radius 1 is 1.47 bits per heavy atom. The van der Waals surface area contributed by atoms with Gasteiger partial charge in [-0.15, -0.1) is 11.6 Å². The van der Waals surface area contributed by atoms with Gasteiger partial charge in [0.15, 0.2) is 0 Å². The van der Waals surface area contributed by atoms with E-state index in [1.54, 1.807) is 22.5 Å². The third-order valence-corrected chi connectivity index (χ3v) is 5.64. The third-order valence-electron chi connectivity index (χ3n) is 3.52. The molecule has 1 aromatic rings. The molecular formula is C14H20ClNO2S. The van der Waals surface area contributed by atoms with Crippen molar-refractivity contribution in [3.63, 3.8) is 0 Å². The molecule has 0 saturated carbocycles. The molecule has 1 fully saturated rings. The Hall–Kier alpha value is -0.580. The van der Waals surface area contributed by atoms with E-state index in [9.17, 15) is 8.42 Å². The lowest BCUT2D eigenvalue weighted by Gasteiger charge is -2.25. The summed E-state index contributed by atoms with van der Waals surface area (Å²) in [5, 5.41) is -0.00157. The number of aryl methyl sites for hydroxylation is 1. The Morgan fingerprint density at radius 3 is 2.84 bits per heavy atom. The quantitative estimate of drug-likeness (QED) is 0.801. The Morgan fingerprint density at radius 2 is 2.21 bits per heavy atom. The van der Waals surface area contributed by atoms with Crippen LogP contribution in [-0.2, 0) is 10.0 Å². The van der Waals surface area contributed by atoms with E-state index in [2.05, 4.69) is 0 Å². The van der Waals surface area contributed by atoms with Crippen LogP contribution in [0.1, 0.15) is 31.7 Å².